The Morgan fingerprint density at radius 3 is 3.00 bits per heavy atom. The molecule has 1 fully saturated rings. The molecule has 0 radical (unpaired) electrons. The van der Waals surface area contributed by atoms with Crippen molar-refractivity contribution < 1.29 is 4.74 Å². The number of nitrogens with zero attached hydrogens (tertiary/aromatic N) is 2. The molecular weight excluding hydrogens is 214 g/mol. The fraction of sp³-hybridized carbons (Fsp3) is 0.923. The van der Waals surface area contributed by atoms with Crippen LogP contribution in [0.4, 0.5) is 0 Å². The second-order valence-corrected chi connectivity index (χ2v) is 4.55. The van der Waals surface area contributed by atoms with Crippen molar-refractivity contribution in [3.8, 4) is 6.07 Å². The van der Waals surface area contributed by atoms with Crippen LogP contribution in [0.5, 0.6) is 0 Å². The summed E-state index contributed by atoms with van der Waals surface area (Å²) in [6, 6.07) is 2.30. The van der Waals surface area contributed by atoms with Gasteiger partial charge < -0.3 is 15.0 Å². The summed E-state index contributed by atoms with van der Waals surface area (Å²) < 4.78 is 5.67. The minimum atomic E-state index is -0.00697. The lowest BCUT2D eigenvalue weighted by Gasteiger charge is -2.32. The van der Waals surface area contributed by atoms with E-state index in [-0.39, 0.29) is 6.04 Å². The Hall–Kier alpha value is -0.630. The number of ether oxygens (including phenoxy) is 1. The molecule has 0 aromatic heterocycles. The predicted molar refractivity (Wildman–Crippen MR) is 68.8 cm³/mol. The van der Waals surface area contributed by atoms with Crippen molar-refractivity contribution in [2.24, 2.45) is 0 Å². The number of nitrogens with one attached hydrogen (secondary N) is 1. The fourth-order valence-corrected chi connectivity index (χ4v) is 2.36. The predicted octanol–water partition coefficient (Wildman–Crippen LogP) is 1.38. The van der Waals surface area contributed by atoms with Gasteiger partial charge in [0.05, 0.1) is 18.2 Å². The number of hydrogen-bond acceptors (Lipinski definition) is 4. The van der Waals surface area contributed by atoms with E-state index in [4.69, 9.17) is 10.00 Å². The lowest BCUT2D eigenvalue weighted by molar-refractivity contribution is 0.00541. The summed E-state index contributed by atoms with van der Waals surface area (Å²) >= 11 is 0. The smallest absolute Gasteiger partial charge is 0.0965 e. The Morgan fingerprint density at radius 1 is 1.53 bits per heavy atom. The maximum atomic E-state index is 8.97. The van der Waals surface area contributed by atoms with E-state index >= 15 is 0 Å². The molecule has 1 N–H and O–H groups in total. The Morgan fingerprint density at radius 2 is 2.35 bits per heavy atom. The standard InChI is InChI=1S/C13H25N3O/c1-3-15-12(10-14)7-9-16-8-5-6-13(11-16)17-4-2/h12-13,15H,3-9,11H2,1-2H3. The summed E-state index contributed by atoms with van der Waals surface area (Å²) in [5.74, 6) is 0. The van der Waals surface area contributed by atoms with Gasteiger partial charge in [0.2, 0.25) is 0 Å². The molecule has 0 saturated carbocycles. The van der Waals surface area contributed by atoms with Gasteiger partial charge in [-0.05, 0) is 39.3 Å². The first-order valence-electron chi connectivity index (χ1n) is 6.77. The average molecular weight is 239 g/mol. The molecule has 1 saturated heterocycles. The first kappa shape index (κ1) is 14.4. The number of nitriles is 1. The third-order valence-corrected chi connectivity index (χ3v) is 3.21. The van der Waals surface area contributed by atoms with Gasteiger partial charge in [-0.2, -0.15) is 5.26 Å². The van der Waals surface area contributed by atoms with Crippen molar-refractivity contribution in [3.05, 3.63) is 0 Å². The van der Waals surface area contributed by atoms with Crippen molar-refractivity contribution >= 4 is 0 Å². The van der Waals surface area contributed by atoms with E-state index in [9.17, 15) is 0 Å². The van der Waals surface area contributed by atoms with Crippen LogP contribution in [0.25, 0.3) is 0 Å². The molecule has 0 amide bonds. The molecule has 0 aromatic rings. The molecule has 1 aliphatic heterocycles. The zero-order chi connectivity index (χ0) is 12.5. The highest BCUT2D eigenvalue weighted by atomic mass is 16.5. The normalized spacial score (nSPS) is 23.2. The van der Waals surface area contributed by atoms with Gasteiger partial charge in [-0.3, -0.25) is 0 Å². The number of likely N-dealkylation sites (tertiary alicyclic amines) is 1. The van der Waals surface area contributed by atoms with E-state index in [2.05, 4.69) is 23.2 Å². The van der Waals surface area contributed by atoms with Crippen molar-refractivity contribution in [1.82, 2.24) is 10.2 Å². The fourth-order valence-electron chi connectivity index (χ4n) is 2.36. The summed E-state index contributed by atoms with van der Waals surface area (Å²) in [6.07, 6.45) is 3.69. The van der Waals surface area contributed by atoms with E-state index in [1.807, 2.05) is 6.92 Å². The molecule has 0 spiro atoms. The Bertz CT molecular complexity index is 237. The summed E-state index contributed by atoms with van der Waals surface area (Å²) in [5.41, 5.74) is 0. The van der Waals surface area contributed by atoms with Gasteiger partial charge in [-0.25, -0.2) is 0 Å². The largest absolute Gasteiger partial charge is 0.377 e. The van der Waals surface area contributed by atoms with E-state index in [1.54, 1.807) is 0 Å². The van der Waals surface area contributed by atoms with Crippen LogP contribution in [0.1, 0.15) is 33.1 Å². The zero-order valence-electron chi connectivity index (χ0n) is 11.1. The molecule has 1 rings (SSSR count). The summed E-state index contributed by atoms with van der Waals surface area (Å²) in [6.45, 7) is 8.92. The molecule has 1 heterocycles. The van der Waals surface area contributed by atoms with Gasteiger partial charge in [0.25, 0.3) is 0 Å². The number of hydrogen-bond donors (Lipinski definition) is 1. The quantitative estimate of drug-likeness (QED) is 0.729. The summed E-state index contributed by atoms with van der Waals surface area (Å²) in [7, 11) is 0. The van der Waals surface area contributed by atoms with Crippen molar-refractivity contribution in [2.75, 3.05) is 32.8 Å². The van der Waals surface area contributed by atoms with Gasteiger partial charge in [-0.15, -0.1) is 0 Å². The van der Waals surface area contributed by atoms with Crippen LogP contribution < -0.4 is 5.32 Å². The van der Waals surface area contributed by atoms with Crippen molar-refractivity contribution in [2.45, 2.75) is 45.3 Å². The Labute approximate surface area is 105 Å². The molecule has 0 bridgehead atoms. The highest BCUT2D eigenvalue weighted by Crippen LogP contribution is 2.13. The Balaban J connectivity index is 2.24. The second-order valence-electron chi connectivity index (χ2n) is 4.55. The molecule has 17 heavy (non-hydrogen) atoms. The van der Waals surface area contributed by atoms with Gasteiger partial charge in [0, 0.05) is 19.7 Å². The maximum absolute atomic E-state index is 8.97. The number of rotatable bonds is 7. The Kier molecular flexibility index (Phi) is 7.18. The number of piperidine rings is 1. The molecule has 98 valence electrons. The SMILES string of the molecule is CCNC(C#N)CCN1CCCC(OCC)C1. The zero-order valence-corrected chi connectivity index (χ0v) is 11.1. The lowest BCUT2D eigenvalue weighted by Crippen LogP contribution is -2.42. The molecule has 2 atom stereocenters. The van der Waals surface area contributed by atoms with Crippen LogP contribution in [0.3, 0.4) is 0 Å². The maximum Gasteiger partial charge on any atom is 0.0965 e. The molecular formula is C13H25N3O. The van der Waals surface area contributed by atoms with Gasteiger partial charge in [-0.1, -0.05) is 6.92 Å². The van der Waals surface area contributed by atoms with Crippen LogP contribution in [0.2, 0.25) is 0 Å². The molecule has 0 aliphatic carbocycles. The highest BCUT2D eigenvalue weighted by molar-refractivity contribution is 4.90. The van der Waals surface area contributed by atoms with Crippen LogP contribution in [-0.4, -0.2) is 49.8 Å². The van der Waals surface area contributed by atoms with Gasteiger partial charge in [0.15, 0.2) is 0 Å². The third kappa shape index (κ3) is 5.49. The molecule has 2 unspecified atom stereocenters. The minimum Gasteiger partial charge on any atom is -0.377 e. The van der Waals surface area contributed by atoms with E-state index in [1.165, 1.54) is 12.8 Å². The first-order chi connectivity index (χ1) is 8.30. The summed E-state index contributed by atoms with van der Waals surface area (Å²) in [4.78, 5) is 2.42. The first-order valence-corrected chi connectivity index (χ1v) is 6.77. The van der Waals surface area contributed by atoms with E-state index < -0.39 is 0 Å². The van der Waals surface area contributed by atoms with Crippen LogP contribution in [0.15, 0.2) is 0 Å². The molecule has 4 nitrogen and oxygen atoms in total. The van der Waals surface area contributed by atoms with E-state index in [0.29, 0.717) is 6.10 Å². The molecule has 1 aliphatic rings. The van der Waals surface area contributed by atoms with Gasteiger partial charge in [0.1, 0.15) is 0 Å². The topological polar surface area (TPSA) is 48.3 Å². The lowest BCUT2D eigenvalue weighted by atomic mass is 10.1. The van der Waals surface area contributed by atoms with Crippen molar-refractivity contribution in [1.29, 1.82) is 5.26 Å². The van der Waals surface area contributed by atoms with Crippen LogP contribution >= 0.6 is 0 Å². The van der Waals surface area contributed by atoms with Crippen molar-refractivity contribution in [3.63, 3.8) is 0 Å². The summed E-state index contributed by atoms with van der Waals surface area (Å²) in [5, 5.41) is 12.2. The van der Waals surface area contributed by atoms with Gasteiger partial charge >= 0.3 is 0 Å². The van der Waals surface area contributed by atoms with E-state index in [0.717, 1.165) is 39.2 Å². The second kappa shape index (κ2) is 8.46. The van der Waals surface area contributed by atoms with Crippen LogP contribution in [0, 0.1) is 11.3 Å². The third-order valence-electron chi connectivity index (χ3n) is 3.21. The average Bonchev–Trinajstić information content (AvgIpc) is 2.35. The molecule has 4 heteroatoms. The minimum absolute atomic E-state index is 0.00697. The highest BCUT2D eigenvalue weighted by Gasteiger charge is 2.20. The van der Waals surface area contributed by atoms with Crippen LogP contribution in [-0.2, 0) is 4.74 Å². The molecule has 0 aromatic carbocycles. The monoisotopic (exact) mass is 239 g/mol.